The molecule has 3 aromatic rings. The summed E-state index contributed by atoms with van der Waals surface area (Å²) in [6, 6.07) is 11.0. The number of carbonyl (C=O) groups is 2. The third-order valence-electron chi connectivity index (χ3n) is 4.86. The highest BCUT2D eigenvalue weighted by molar-refractivity contribution is 7.20. The Morgan fingerprint density at radius 2 is 2.07 bits per heavy atom. The summed E-state index contributed by atoms with van der Waals surface area (Å²) in [7, 11) is 0. The van der Waals surface area contributed by atoms with Gasteiger partial charge >= 0.3 is 6.03 Å². The normalized spacial score (nSPS) is 21.3. The predicted octanol–water partition coefficient (Wildman–Crippen LogP) is 3.60. The van der Waals surface area contributed by atoms with Crippen LogP contribution in [-0.4, -0.2) is 28.4 Å². The van der Waals surface area contributed by atoms with Crippen LogP contribution in [0.3, 0.4) is 0 Å². The lowest BCUT2D eigenvalue weighted by Gasteiger charge is -2.33. The van der Waals surface area contributed by atoms with Crippen LogP contribution in [0.1, 0.15) is 17.7 Å². The molecule has 0 unspecified atom stereocenters. The first kappa shape index (κ1) is 16.5. The summed E-state index contributed by atoms with van der Waals surface area (Å²) in [6.45, 7) is 0.549. The second-order valence-corrected chi connectivity index (χ2v) is 8.25. The minimum absolute atomic E-state index is 0.164. The number of nitrogens with one attached hydrogen (secondary N) is 1. The van der Waals surface area contributed by atoms with Gasteiger partial charge in [-0.2, -0.15) is 0 Å². The molecule has 0 radical (unpaired) electrons. The van der Waals surface area contributed by atoms with Crippen molar-refractivity contribution in [2.24, 2.45) is 0 Å². The summed E-state index contributed by atoms with van der Waals surface area (Å²) >= 11 is 3.14. The van der Waals surface area contributed by atoms with Crippen LogP contribution in [0.5, 0.6) is 5.75 Å². The lowest BCUT2D eigenvalue weighted by atomic mass is 9.84. The number of aromatic nitrogens is 1. The number of rotatable bonds is 3. The van der Waals surface area contributed by atoms with Crippen LogP contribution in [0.4, 0.5) is 4.79 Å². The Labute approximate surface area is 163 Å². The Hall–Kier alpha value is -2.71. The van der Waals surface area contributed by atoms with Crippen molar-refractivity contribution in [1.82, 2.24) is 15.2 Å². The number of fused-ring (bicyclic) bond motifs is 2. The maximum atomic E-state index is 13.3. The Balaban J connectivity index is 1.44. The summed E-state index contributed by atoms with van der Waals surface area (Å²) < 4.78 is 5.66. The average Bonchev–Trinajstić information content (AvgIpc) is 3.40. The van der Waals surface area contributed by atoms with Crippen molar-refractivity contribution < 1.29 is 14.3 Å². The van der Waals surface area contributed by atoms with E-state index in [0.717, 1.165) is 15.4 Å². The van der Waals surface area contributed by atoms with E-state index in [1.54, 1.807) is 11.3 Å². The largest absolute Gasteiger partial charge is 0.493 e. The monoisotopic (exact) mass is 397 g/mol. The van der Waals surface area contributed by atoms with E-state index >= 15 is 0 Å². The van der Waals surface area contributed by atoms with Crippen molar-refractivity contribution in [3.8, 4) is 15.6 Å². The predicted molar refractivity (Wildman–Crippen MR) is 103 cm³/mol. The lowest BCUT2D eigenvalue weighted by Crippen LogP contribution is -2.47. The van der Waals surface area contributed by atoms with Crippen molar-refractivity contribution in [3.63, 3.8) is 0 Å². The second kappa shape index (κ2) is 6.17. The summed E-state index contributed by atoms with van der Waals surface area (Å²) in [5.41, 5.74) is 0.386. The number of thiazole rings is 1. The number of para-hydroxylation sites is 1. The van der Waals surface area contributed by atoms with Crippen LogP contribution in [-0.2, 0) is 16.9 Å². The van der Waals surface area contributed by atoms with Crippen molar-refractivity contribution in [2.75, 3.05) is 6.61 Å². The fraction of sp³-hybridized carbons (Fsp3) is 0.211. The molecule has 1 N–H and O–H groups in total. The van der Waals surface area contributed by atoms with Gasteiger partial charge in [0.15, 0.2) is 5.54 Å². The molecular weight excluding hydrogens is 382 g/mol. The number of amides is 3. The van der Waals surface area contributed by atoms with Gasteiger partial charge in [-0.15, -0.1) is 22.7 Å². The summed E-state index contributed by atoms with van der Waals surface area (Å²) in [5, 5.41) is 7.72. The highest BCUT2D eigenvalue weighted by atomic mass is 32.1. The molecule has 2 aromatic heterocycles. The third-order valence-corrected chi connectivity index (χ3v) is 6.79. The third kappa shape index (κ3) is 2.55. The van der Waals surface area contributed by atoms with Crippen molar-refractivity contribution in [3.05, 3.63) is 58.4 Å². The average molecular weight is 397 g/mol. The number of hydrogen-bond donors (Lipinski definition) is 1. The second-order valence-electron chi connectivity index (χ2n) is 6.44. The number of nitrogens with zero attached hydrogens (tertiary/aromatic N) is 2. The minimum atomic E-state index is -1.04. The Kier molecular flexibility index (Phi) is 3.76. The number of thiophene rings is 1. The molecule has 27 heavy (non-hydrogen) atoms. The van der Waals surface area contributed by atoms with Crippen LogP contribution in [0, 0.1) is 0 Å². The van der Waals surface area contributed by atoms with Gasteiger partial charge in [0.05, 0.1) is 23.7 Å². The highest BCUT2D eigenvalue weighted by Gasteiger charge is 2.54. The molecule has 136 valence electrons. The van der Waals surface area contributed by atoms with Gasteiger partial charge in [0, 0.05) is 17.4 Å². The molecule has 4 heterocycles. The molecule has 3 amide bonds. The van der Waals surface area contributed by atoms with Gasteiger partial charge in [-0.1, -0.05) is 24.3 Å². The molecule has 2 aliphatic rings. The Morgan fingerprint density at radius 1 is 1.19 bits per heavy atom. The van der Waals surface area contributed by atoms with Gasteiger partial charge in [0.1, 0.15) is 10.8 Å². The quantitative estimate of drug-likeness (QED) is 0.686. The fourth-order valence-corrected chi connectivity index (χ4v) is 5.20. The molecule has 1 saturated heterocycles. The topological polar surface area (TPSA) is 71.5 Å². The van der Waals surface area contributed by atoms with Crippen molar-refractivity contribution >= 4 is 34.6 Å². The molecule has 1 spiro atoms. The number of benzene rings is 1. The zero-order valence-corrected chi connectivity index (χ0v) is 15.8. The first-order valence-electron chi connectivity index (χ1n) is 8.52. The van der Waals surface area contributed by atoms with Gasteiger partial charge < -0.3 is 10.1 Å². The van der Waals surface area contributed by atoms with Crippen molar-refractivity contribution in [1.29, 1.82) is 0 Å². The molecule has 2 aliphatic heterocycles. The van der Waals surface area contributed by atoms with Gasteiger partial charge in [-0.25, -0.2) is 9.78 Å². The number of carbonyl (C=O) groups excluding carboxylic acids is 2. The molecule has 1 aromatic carbocycles. The van der Waals surface area contributed by atoms with E-state index in [4.69, 9.17) is 4.74 Å². The van der Waals surface area contributed by atoms with E-state index < -0.39 is 5.54 Å². The maximum absolute atomic E-state index is 13.3. The van der Waals surface area contributed by atoms with Crippen LogP contribution in [0.2, 0.25) is 0 Å². The first-order chi connectivity index (χ1) is 13.2. The van der Waals surface area contributed by atoms with Gasteiger partial charge in [0.2, 0.25) is 0 Å². The van der Waals surface area contributed by atoms with Crippen LogP contribution >= 0.6 is 22.7 Å². The molecule has 0 saturated carbocycles. The van der Waals surface area contributed by atoms with Crippen LogP contribution in [0.15, 0.2) is 47.2 Å². The number of imide groups is 1. The smallest absolute Gasteiger partial charge is 0.325 e. The molecule has 5 rings (SSSR count). The summed E-state index contributed by atoms with van der Waals surface area (Å²) in [6.07, 6.45) is 0.419. The number of urea groups is 1. The molecule has 1 fully saturated rings. The van der Waals surface area contributed by atoms with E-state index in [9.17, 15) is 9.59 Å². The number of ether oxygens (including phenoxy) is 1. The highest BCUT2D eigenvalue weighted by Crippen LogP contribution is 2.41. The first-order valence-corrected chi connectivity index (χ1v) is 10.3. The molecule has 0 aliphatic carbocycles. The van der Waals surface area contributed by atoms with E-state index in [-0.39, 0.29) is 18.5 Å². The zero-order valence-electron chi connectivity index (χ0n) is 14.2. The van der Waals surface area contributed by atoms with Gasteiger partial charge in [-0.05, 0) is 17.5 Å². The lowest BCUT2D eigenvalue weighted by molar-refractivity contribution is -0.133. The Morgan fingerprint density at radius 3 is 2.93 bits per heavy atom. The minimum Gasteiger partial charge on any atom is -0.493 e. The SMILES string of the molecule is O=C1N[C@@]2(CCOc3ccccc32)C(=O)N1Cc1csc(-c2cccs2)n1. The van der Waals surface area contributed by atoms with E-state index in [1.165, 1.54) is 16.2 Å². The Bertz CT molecular complexity index is 1030. The fourth-order valence-electron chi connectivity index (χ4n) is 3.57. The van der Waals surface area contributed by atoms with Crippen LogP contribution < -0.4 is 10.1 Å². The van der Waals surface area contributed by atoms with Gasteiger partial charge in [0.25, 0.3) is 5.91 Å². The summed E-state index contributed by atoms with van der Waals surface area (Å²) in [4.78, 5) is 32.8. The van der Waals surface area contributed by atoms with Crippen molar-refractivity contribution in [2.45, 2.75) is 18.5 Å². The number of hydrogen-bond acceptors (Lipinski definition) is 6. The molecular formula is C19H15N3O3S2. The molecule has 6 nitrogen and oxygen atoms in total. The van der Waals surface area contributed by atoms with E-state index in [1.807, 2.05) is 47.2 Å². The van der Waals surface area contributed by atoms with E-state index in [2.05, 4.69) is 10.3 Å². The summed E-state index contributed by atoms with van der Waals surface area (Å²) in [5.74, 6) is 0.404. The maximum Gasteiger partial charge on any atom is 0.325 e. The van der Waals surface area contributed by atoms with E-state index in [0.29, 0.717) is 24.5 Å². The standard InChI is InChI=1S/C19H15N3O3S2/c23-17-19(7-8-25-14-5-2-1-4-13(14)19)21-18(24)22(17)10-12-11-27-16(20-12)15-6-3-9-26-15/h1-6,9,11H,7-8,10H2,(H,21,24)/t19-/m1/s1. The molecule has 1 atom stereocenters. The molecule has 0 bridgehead atoms. The zero-order chi connectivity index (χ0) is 18.4. The van der Waals surface area contributed by atoms with Gasteiger partial charge in [-0.3, -0.25) is 9.69 Å². The van der Waals surface area contributed by atoms with Crippen LogP contribution in [0.25, 0.3) is 9.88 Å². The molecule has 8 heteroatoms.